The molecule has 0 aromatic carbocycles. The molecule has 1 atom stereocenters. The molecule has 0 saturated heterocycles. The van der Waals surface area contributed by atoms with E-state index in [-0.39, 0.29) is 11.5 Å². The zero-order valence-corrected chi connectivity index (χ0v) is 10.9. The fraction of sp³-hybridized carbons (Fsp3) is 0.727. The zero-order valence-electron chi connectivity index (χ0n) is 10.0. The maximum absolute atomic E-state index is 5.50. The molecule has 4 heteroatoms. The van der Waals surface area contributed by atoms with Gasteiger partial charge in [-0.3, -0.25) is 0 Å². The van der Waals surface area contributed by atoms with Gasteiger partial charge in [-0.1, -0.05) is 20.8 Å². The average Bonchev–Trinajstić information content (AvgIpc) is 2.52. The van der Waals surface area contributed by atoms with Gasteiger partial charge in [-0.2, -0.15) is 0 Å². The highest BCUT2D eigenvalue weighted by Crippen LogP contribution is 2.36. The number of nitrogens with zero attached hydrogens (tertiary/aromatic N) is 1. The van der Waals surface area contributed by atoms with Crippen LogP contribution in [0.2, 0.25) is 0 Å². The van der Waals surface area contributed by atoms with Crippen molar-refractivity contribution in [1.82, 2.24) is 4.98 Å². The fourth-order valence-corrected chi connectivity index (χ4v) is 2.60. The molecule has 1 unspecified atom stereocenters. The Morgan fingerprint density at radius 3 is 2.53 bits per heavy atom. The number of hydrogen-bond acceptors (Lipinski definition) is 4. The minimum atomic E-state index is 0.0492. The van der Waals surface area contributed by atoms with E-state index in [9.17, 15) is 0 Å². The lowest BCUT2D eigenvalue weighted by Crippen LogP contribution is -2.20. The van der Waals surface area contributed by atoms with Crippen molar-refractivity contribution in [2.24, 2.45) is 5.41 Å². The molecule has 1 heterocycles. The molecule has 0 bridgehead atoms. The predicted molar refractivity (Wildman–Crippen MR) is 62.0 cm³/mol. The molecule has 1 aromatic rings. The van der Waals surface area contributed by atoms with E-state index in [0.717, 1.165) is 10.7 Å². The lowest BCUT2D eigenvalue weighted by molar-refractivity contribution is 0.0148. The average molecular weight is 229 g/mol. The van der Waals surface area contributed by atoms with Crippen molar-refractivity contribution in [3.8, 4) is 0 Å². The van der Waals surface area contributed by atoms with Crippen molar-refractivity contribution in [2.75, 3.05) is 14.2 Å². The van der Waals surface area contributed by atoms with Gasteiger partial charge in [-0.25, -0.2) is 4.98 Å². The highest BCUT2D eigenvalue weighted by atomic mass is 32.1. The molecule has 0 aliphatic carbocycles. The van der Waals surface area contributed by atoms with Crippen molar-refractivity contribution in [1.29, 1.82) is 0 Å². The molecular weight excluding hydrogens is 210 g/mol. The second-order valence-corrected chi connectivity index (χ2v) is 5.48. The summed E-state index contributed by atoms with van der Waals surface area (Å²) in [5, 5.41) is 3.05. The van der Waals surface area contributed by atoms with Crippen LogP contribution >= 0.6 is 11.3 Å². The van der Waals surface area contributed by atoms with E-state index in [4.69, 9.17) is 9.47 Å². The second kappa shape index (κ2) is 5.05. The van der Waals surface area contributed by atoms with Gasteiger partial charge in [0.2, 0.25) is 0 Å². The Kier molecular flexibility index (Phi) is 4.25. The Hall–Kier alpha value is -0.450. The third-order valence-electron chi connectivity index (χ3n) is 2.11. The lowest BCUT2D eigenvalue weighted by atomic mass is 9.89. The zero-order chi connectivity index (χ0) is 11.5. The molecule has 0 aliphatic heterocycles. The molecule has 1 rings (SSSR count). The summed E-state index contributed by atoms with van der Waals surface area (Å²) in [6.07, 6.45) is 0.0492. The van der Waals surface area contributed by atoms with Crippen molar-refractivity contribution in [2.45, 2.75) is 33.5 Å². The fourth-order valence-electron chi connectivity index (χ4n) is 1.48. The molecule has 0 N–H and O–H groups in total. The Balaban J connectivity index is 2.83. The van der Waals surface area contributed by atoms with E-state index < -0.39 is 0 Å². The maximum atomic E-state index is 5.50. The van der Waals surface area contributed by atoms with E-state index in [1.165, 1.54) is 0 Å². The number of hydrogen-bond donors (Lipinski definition) is 0. The van der Waals surface area contributed by atoms with Gasteiger partial charge in [0.25, 0.3) is 0 Å². The Bertz CT molecular complexity index is 304. The van der Waals surface area contributed by atoms with E-state index in [0.29, 0.717) is 6.61 Å². The van der Waals surface area contributed by atoms with Crippen molar-refractivity contribution in [3.63, 3.8) is 0 Å². The first-order valence-corrected chi connectivity index (χ1v) is 5.83. The first-order chi connectivity index (χ1) is 6.99. The summed E-state index contributed by atoms with van der Waals surface area (Å²) in [7, 11) is 3.41. The Labute approximate surface area is 95.4 Å². The van der Waals surface area contributed by atoms with E-state index in [2.05, 4.69) is 25.8 Å². The summed E-state index contributed by atoms with van der Waals surface area (Å²) in [6, 6.07) is 0. The maximum Gasteiger partial charge on any atom is 0.122 e. The Morgan fingerprint density at radius 2 is 2.07 bits per heavy atom. The predicted octanol–water partition coefficient (Wildman–Crippen LogP) is 3.02. The first kappa shape index (κ1) is 12.6. The largest absolute Gasteiger partial charge is 0.378 e. The van der Waals surface area contributed by atoms with Gasteiger partial charge < -0.3 is 9.47 Å². The normalized spacial score (nSPS) is 14.2. The van der Waals surface area contributed by atoms with Gasteiger partial charge in [-0.05, 0) is 5.41 Å². The highest BCUT2D eigenvalue weighted by molar-refractivity contribution is 7.09. The summed E-state index contributed by atoms with van der Waals surface area (Å²) < 4.78 is 10.5. The topological polar surface area (TPSA) is 31.4 Å². The molecule has 0 saturated carbocycles. The number of aromatic nitrogens is 1. The summed E-state index contributed by atoms with van der Waals surface area (Å²) in [5.41, 5.74) is 1.04. The molecule has 0 aliphatic rings. The molecule has 0 radical (unpaired) electrons. The quantitative estimate of drug-likeness (QED) is 0.795. The number of thiazole rings is 1. The van der Waals surface area contributed by atoms with Gasteiger partial charge in [0.1, 0.15) is 11.1 Å². The number of rotatable bonds is 4. The smallest absolute Gasteiger partial charge is 0.122 e. The van der Waals surface area contributed by atoms with Crippen molar-refractivity contribution < 1.29 is 9.47 Å². The minimum absolute atomic E-state index is 0.0492. The van der Waals surface area contributed by atoms with Crippen LogP contribution < -0.4 is 0 Å². The molecule has 3 nitrogen and oxygen atoms in total. The van der Waals surface area contributed by atoms with E-state index in [1.54, 1.807) is 25.6 Å². The van der Waals surface area contributed by atoms with E-state index >= 15 is 0 Å². The highest BCUT2D eigenvalue weighted by Gasteiger charge is 2.28. The third-order valence-corrected chi connectivity index (χ3v) is 3.05. The number of ether oxygens (including phenoxy) is 2. The second-order valence-electron chi connectivity index (χ2n) is 4.59. The molecular formula is C11H19NO2S. The van der Waals surface area contributed by atoms with Crippen LogP contribution in [0.3, 0.4) is 0 Å². The van der Waals surface area contributed by atoms with Gasteiger partial charge >= 0.3 is 0 Å². The SMILES string of the molecule is COCc1csc(C(OC)C(C)(C)C)n1. The molecule has 0 amide bonds. The van der Waals surface area contributed by atoms with Crippen LogP contribution in [0.1, 0.15) is 37.6 Å². The lowest BCUT2D eigenvalue weighted by Gasteiger charge is -2.27. The van der Waals surface area contributed by atoms with Crippen molar-refractivity contribution in [3.05, 3.63) is 16.1 Å². The standard InChI is InChI=1S/C11H19NO2S/c1-11(2,3)9(14-5)10-12-8(6-13-4)7-15-10/h7,9H,6H2,1-5H3. The first-order valence-electron chi connectivity index (χ1n) is 4.95. The molecule has 0 spiro atoms. The summed E-state index contributed by atoms with van der Waals surface area (Å²) in [6.45, 7) is 7.02. The van der Waals surface area contributed by atoms with Crippen molar-refractivity contribution >= 4 is 11.3 Å². The Morgan fingerprint density at radius 1 is 1.40 bits per heavy atom. The van der Waals surface area contributed by atoms with Crippen LogP contribution in [0.15, 0.2) is 5.38 Å². The number of methoxy groups -OCH3 is 2. The van der Waals surface area contributed by atoms with Gasteiger partial charge in [0, 0.05) is 19.6 Å². The summed E-state index contributed by atoms with van der Waals surface area (Å²) >= 11 is 1.63. The molecule has 86 valence electrons. The molecule has 15 heavy (non-hydrogen) atoms. The van der Waals surface area contributed by atoms with Gasteiger partial charge in [0.05, 0.1) is 12.3 Å². The van der Waals surface area contributed by atoms with Crippen LogP contribution in [0.4, 0.5) is 0 Å². The van der Waals surface area contributed by atoms with Crippen LogP contribution in [0, 0.1) is 5.41 Å². The van der Waals surface area contributed by atoms with Gasteiger partial charge in [0.15, 0.2) is 0 Å². The van der Waals surface area contributed by atoms with Crippen LogP contribution in [0.25, 0.3) is 0 Å². The van der Waals surface area contributed by atoms with Gasteiger partial charge in [-0.15, -0.1) is 11.3 Å². The van der Waals surface area contributed by atoms with Crippen LogP contribution in [0.5, 0.6) is 0 Å². The van der Waals surface area contributed by atoms with E-state index in [1.807, 2.05) is 5.38 Å². The monoisotopic (exact) mass is 229 g/mol. The summed E-state index contributed by atoms with van der Waals surface area (Å²) in [4.78, 5) is 4.51. The summed E-state index contributed by atoms with van der Waals surface area (Å²) in [5.74, 6) is 0. The van der Waals surface area contributed by atoms with Crippen LogP contribution in [-0.4, -0.2) is 19.2 Å². The molecule has 0 fully saturated rings. The third kappa shape index (κ3) is 3.26. The minimum Gasteiger partial charge on any atom is -0.378 e. The molecule has 1 aromatic heterocycles. The van der Waals surface area contributed by atoms with Crippen LogP contribution in [-0.2, 0) is 16.1 Å².